The van der Waals surface area contributed by atoms with E-state index in [0.717, 1.165) is 0 Å². The highest BCUT2D eigenvalue weighted by molar-refractivity contribution is 7.92. The first-order valence-electron chi connectivity index (χ1n) is 4.89. The molecule has 6 nitrogen and oxygen atoms in total. The number of aromatic nitrogens is 2. The van der Waals surface area contributed by atoms with Gasteiger partial charge in [0.15, 0.2) is 5.03 Å². The summed E-state index contributed by atoms with van der Waals surface area (Å²) in [6, 6.07) is 5.46. The van der Waals surface area contributed by atoms with Crippen molar-refractivity contribution in [3.05, 3.63) is 35.5 Å². The second-order valence-corrected chi connectivity index (χ2v) is 5.63. The molecule has 1 heterocycles. The van der Waals surface area contributed by atoms with Crippen LogP contribution in [0.3, 0.4) is 0 Å². The molecule has 2 rings (SSSR count). The van der Waals surface area contributed by atoms with Gasteiger partial charge < -0.3 is 5.11 Å². The van der Waals surface area contributed by atoms with Crippen LogP contribution in [0.25, 0.3) is 0 Å². The van der Waals surface area contributed by atoms with Gasteiger partial charge in [-0.05, 0) is 18.2 Å². The zero-order valence-corrected chi connectivity index (χ0v) is 10.9. The third-order valence-electron chi connectivity index (χ3n) is 2.26. The number of benzene rings is 1. The maximum atomic E-state index is 12.0. The molecule has 0 bridgehead atoms. The first-order chi connectivity index (χ1) is 8.40. The monoisotopic (exact) mass is 287 g/mol. The second kappa shape index (κ2) is 4.51. The number of aromatic hydroxyl groups is 1. The molecule has 0 radical (unpaired) electrons. The second-order valence-electron chi connectivity index (χ2n) is 3.56. The summed E-state index contributed by atoms with van der Waals surface area (Å²) in [5, 5.41) is 13.7. The zero-order valence-electron chi connectivity index (χ0n) is 9.33. The van der Waals surface area contributed by atoms with E-state index < -0.39 is 10.0 Å². The predicted molar refractivity (Wildman–Crippen MR) is 67.1 cm³/mol. The molecule has 0 aliphatic heterocycles. The van der Waals surface area contributed by atoms with E-state index in [1.807, 2.05) is 0 Å². The third-order valence-corrected chi connectivity index (χ3v) is 3.93. The first kappa shape index (κ1) is 12.7. The van der Waals surface area contributed by atoms with Crippen LogP contribution >= 0.6 is 11.6 Å². The number of halogens is 1. The Hall–Kier alpha value is -1.73. The Kier molecular flexibility index (Phi) is 3.18. The van der Waals surface area contributed by atoms with E-state index in [2.05, 4.69) is 9.82 Å². The van der Waals surface area contributed by atoms with Crippen LogP contribution in [-0.2, 0) is 17.1 Å². The summed E-state index contributed by atoms with van der Waals surface area (Å²) < 4.78 is 27.5. The van der Waals surface area contributed by atoms with E-state index in [1.54, 1.807) is 0 Å². The van der Waals surface area contributed by atoms with Crippen molar-refractivity contribution in [1.82, 2.24) is 9.78 Å². The third kappa shape index (κ3) is 2.41. The highest BCUT2D eigenvalue weighted by Gasteiger charge is 2.19. The number of hydrogen-bond acceptors (Lipinski definition) is 4. The largest absolute Gasteiger partial charge is 0.506 e. The molecule has 1 aromatic carbocycles. The smallest absolute Gasteiger partial charge is 0.279 e. The minimum atomic E-state index is -3.79. The fourth-order valence-electron chi connectivity index (χ4n) is 1.41. The van der Waals surface area contributed by atoms with E-state index in [4.69, 9.17) is 11.6 Å². The van der Waals surface area contributed by atoms with Crippen LogP contribution in [-0.4, -0.2) is 23.3 Å². The first-order valence-corrected chi connectivity index (χ1v) is 6.75. The van der Waals surface area contributed by atoms with Gasteiger partial charge in [-0.1, -0.05) is 11.6 Å². The molecule has 2 aromatic rings. The molecule has 8 heteroatoms. The fraction of sp³-hybridized carbons (Fsp3) is 0.100. The van der Waals surface area contributed by atoms with E-state index in [0.29, 0.717) is 5.02 Å². The normalized spacial score (nSPS) is 11.4. The number of phenols is 1. The molecule has 2 N–H and O–H groups in total. The Morgan fingerprint density at radius 2 is 2.11 bits per heavy atom. The summed E-state index contributed by atoms with van der Waals surface area (Å²) in [7, 11) is -2.28. The zero-order chi connectivity index (χ0) is 13.3. The van der Waals surface area contributed by atoms with Gasteiger partial charge in [-0.15, -0.1) is 0 Å². The fourth-order valence-corrected chi connectivity index (χ4v) is 2.78. The maximum Gasteiger partial charge on any atom is 0.279 e. The number of rotatable bonds is 3. The Morgan fingerprint density at radius 3 is 2.67 bits per heavy atom. The minimum absolute atomic E-state index is 0.00292. The standard InChI is InChI=1S/C10H10ClN3O3S/c1-14-10(4-5-12-14)18(16,17)13-8-3-2-7(11)6-9(8)15/h2-6,13,15H,1H3. The molecule has 0 aliphatic carbocycles. The van der Waals surface area contributed by atoms with Crippen molar-refractivity contribution < 1.29 is 13.5 Å². The summed E-state index contributed by atoms with van der Waals surface area (Å²) in [6.07, 6.45) is 1.37. The SMILES string of the molecule is Cn1nccc1S(=O)(=O)Nc1ccc(Cl)cc1O. The molecule has 0 spiro atoms. The van der Waals surface area contributed by atoms with Gasteiger partial charge in [-0.3, -0.25) is 9.40 Å². The molecule has 0 aliphatic rings. The van der Waals surface area contributed by atoms with Gasteiger partial charge in [0.25, 0.3) is 10.0 Å². The Balaban J connectivity index is 2.37. The van der Waals surface area contributed by atoms with E-state index in [1.165, 1.54) is 42.2 Å². The number of sulfonamides is 1. The molecule has 0 unspecified atom stereocenters. The van der Waals surface area contributed by atoms with Crippen molar-refractivity contribution in [2.45, 2.75) is 5.03 Å². The van der Waals surface area contributed by atoms with Crippen LogP contribution in [0.5, 0.6) is 5.75 Å². The number of nitrogens with zero attached hydrogens (tertiary/aromatic N) is 2. The molecule has 0 saturated heterocycles. The molecule has 0 saturated carbocycles. The highest BCUT2D eigenvalue weighted by Crippen LogP contribution is 2.28. The van der Waals surface area contributed by atoms with Crippen LogP contribution in [0, 0.1) is 0 Å². The number of nitrogens with one attached hydrogen (secondary N) is 1. The van der Waals surface area contributed by atoms with Crippen LogP contribution in [0.4, 0.5) is 5.69 Å². The summed E-state index contributed by atoms with van der Waals surface area (Å²) in [5.74, 6) is -0.242. The number of phenolic OH excluding ortho intramolecular Hbond substituents is 1. The number of anilines is 1. The topological polar surface area (TPSA) is 84.2 Å². The quantitative estimate of drug-likeness (QED) is 0.840. The van der Waals surface area contributed by atoms with Gasteiger partial charge in [0.1, 0.15) is 5.75 Å². The highest BCUT2D eigenvalue weighted by atomic mass is 35.5. The molecule has 0 atom stereocenters. The van der Waals surface area contributed by atoms with Gasteiger partial charge >= 0.3 is 0 Å². The van der Waals surface area contributed by atoms with Crippen molar-refractivity contribution in [3.8, 4) is 5.75 Å². The van der Waals surface area contributed by atoms with Crippen LogP contribution < -0.4 is 4.72 Å². The van der Waals surface area contributed by atoms with E-state index in [-0.39, 0.29) is 16.5 Å². The van der Waals surface area contributed by atoms with Crippen molar-refractivity contribution in [1.29, 1.82) is 0 Å². The molecular weight excluding hydrogens is 278 g/mol. The average Bonchev–Trinajstić information content (AvgIpc) is 2.69. The van der Waals surface area contributed by atoms with Crippen molar-refractivity contribution in [3.63, 3.8) is 0 Å². The molecule has 18 heavy (non-hydrogen) atoms. The minimum Gasteiger partial charge on any atom is -0.506 e. The van der Waals surface area contributed by atoms with Gasteiger partial charge in [0, 0.05) is 18.1 Å². The van der Waals surface area contributed by atoms with Gasteiger partial charge in [0.2, 0.25) is 0 Å². The lowest BCUT2D eigenvalue weighted by atomic mass is 10.3. The summed E-state index contributed by atoms with van der Waals surface area (Å²) in [4.78, 5) is 0. The number of aryl methyl sites for hydroxylation is 1. The molecule has 0 amide bonds. The lowest BCUT2D eigenvalue weighted by Gasteiger charge is -2.09. The Bertz CT molecular complexity index is 681. The Morgan fingerprint density at radius 1 is 1.39 bits per heavy atom. The summed E-state index contributed by atoms with van der Waals surface area (Å²) >= 11 is 5.66. The van der Waals surface area contributed by atoms with Crippen LogP contribution in [0.2, 0.25) is 5.02 Å². The Labute approximate surface area is 109 Å². The lowest BCUT2D eigenvalue weighted by Crippen LogP contribution is -2.16. The van der Waals surface area contributed by atoms with Crippen LogP contribution in [0.1, 0.15) is 0 Å². The van der Waals surface area contributed by atoms with Crippen molar-refractivity contribution in [2.75, 3.05) is 4.72 Å². The predicted octanol–water partition coefficient (Wildman–Crippen LogP) is 1.58. The van der Waals surface area contributed by atoms with Crippen LogP contribution in [0.15, 0.2) is 35.5 Å². The van der Waals surface area contributed by atoms with Gasteiger partial charge in [-0.25, -0.2) is 0 Å². The molecule has 1 aromatic heterocycles. The van der Waals surface area contributed by atoms with E-state index in [9.17, 15) is 13.5 Å². The lowest BCUT2D eigenvalue weighted by molar-refractivity contribution is 0.477. The van der Waals surface area contributed by atoms with Crippen molar-refractivity contribution >= 4 is 27.3 Å². The number of hydrogen-bond donors (Lipinski definition) is 2. The van der Waals surface area contributed by atoms with E-state index >= 15 is 0 Å². The molecular formula is C10H10ClN3O3S. The molecule has 0 fully saturated rings. The van der Waals surface area contributed by atoms with Crippen molar-refractivity contribution in [2.24, 2.45) is 7.05 Å². The molecule has 96 valence electrons. The average molecular weight is 288 g/mol. The summed E-state index contributed by atoms with van der Waals surface area (Å²) in [6.45, 7) is 0. The van der Waals surface area contributed by atoms with Gasteiger partial charge in [-0.2, -0.15) is 13.5 Å². The van der Waals surface area contributed by atoms with Gasteiger partial charge in [0.05, 0.1) is 11.9 Å². The summed E-state index contributed by atoms with van der Waals surface area (Å²) in [5.41, 5.74) is 0.0561. The maximum absolute atomic E-state index is 12.0.